The van der Waals surface area contributed by atoms with Gasteiger partial charge in [-0.05, 0) is 72.5 Å². The first-order valence-corrected chi connectivity index (χ1v) is 12.3. The maximum Gasteiger partial charge on any atom is 0.335 e. The number of thioether (sulfide) groups is 1. The van der Waals surface area contributed by atoms with Gasteiger partial charge in [0.15, 0.2) is 11.5 Å². The molecule has 2 aromatic carbocycles. The van der Waals surface area contributed by atoms with E-state index in [9.17, 15) is 19.2 Å². The smallest absolute Gasteiger partial charge is 0.335 e. The summed E-state index contributed by atoms with van der Waals surface area (Å²) in [5.74, 6) is -0.865. The normalized spacial score (nSPS) is 17.0. The zero-order chi connectivity index (χ0) is 25.7. The van der Waals surface area contributed by atoms with Crippen LogP contribution in [0.5, 0.6) is 11.5 Å². The number of amides is 3. The van der Waals surface area contributed by atoms with Crippen LogP contribution >= 0.6 is 11.8 Å². The molecule has 0 radical (unpaired) electrons. The topological polar surface area (TPSA) is 113 Å². The number of carboxylic acid groups (broad SMARTS) is 1. The number of aromatic carboxylic acids is 1. The molecule has 36 heavy (non-hydrogen) atoms. The number of carbonyl (C=O) groups is 4. The Morgan fingerprint density at radius 2 is 1.83 bits per heavy atom. The van der Waals surface area contributed by atoms with Crippen LogP contribution in [-0.4, -0.2) is 64.7 Å². The van der Waals surface area contributed by atoms with Crippen molar-refractivity contribution in [3.05, 3.63) is 64.1 Å². The fraction of sp³-hybridized carbons (Fsp3) is 0.308. The molecule has 1 N–H and O–H groups in total. The van der Waals surface area contributed by atoms with E-state index in [0.29, 0.717) is 35.7 Å². The van der Waals surface area contributed by atoms with E-state index < -0.39 is 17.1 Å². The van der Waals surface area contributed by atoms with Crippen molar-refractivity contribution in [3.63, 3.8) is 0 Å². The van der Waals surface area contributed by atoms with Gasteiger partial charge in [-0.2, -0.15) is 0 Å². The number of imide groups is 1. The second-order valence-electron chi connectivity index (χ2n) is 8.41. The molecule has 2 fully saturated rings. The van der Waals surface area contributed by atoms with Crippen LogP contribution < -0.4 is 9.47 Å². The zero-order valence-corrected chi connectivity index (χ0v) is 20.6. The summed E-state index contributed by atoms with van der Waals surface area (Å²) in [7, 11) is 1.48. The summed E-state index contributed by atoms with van der Waals surface area (Å²) in [4.78, 5) is 51.9. The van der Waals surface area contributed by atoms with Crippen molar-refractivity contribution in [2.24, 2.45) is 0 Å². The lowest BCUT2D eigenvalue weighted by Gasteiger charge is -2.27. The molecule has 2 aromatic rings. The second kappa shape index (κ2) is 11.3. The number of methoxy groups -OCH3 is 1. The number of piperidine rings is 1. The minimum atomic E-state index is -1.01. The van der Waals surface area contributed by atoms with Crippen LogP contribution in [0.25, 0.3) is 6.08 Å². The number of nitrogens with zero attached hydrogens (tertiary/aromatic N) is 2. The molecule has 0 bridgehead atoms. The van der Waals surface area contributed by atoms with Gasteiger partial charge in [0, 0.05) is 13.1 Å². The van der Waals surface area contributed by atoms with E-state index in [-0.39, 0.29) is 29.5 Å². The van der Waals surface area contributed by atoms with E-state index in [1.807, 2.05) is 0 Å². The Morgan fingerprint density at radius 1 is 1.06 bits per heavy atom. The molecule has 3 amide bonds. The van der Waals surface area contributed by atoms with Gasteiger partial charge in [0.1, 0.15) is 13.2 Å². The molecule has 2 heterocycles. The molecule has 4 rings (SSSR count). The van der Waals surface area contributed by atoms with Crippen molar-refractivity contribution >= 4 is 40.9 Å². The Balaban J connectivity index is 1.43. The minimum Gasteiger partial charge on any atom is -0.493 e. The third kappa shape index (κ3) is 5.88. The lowest BCUT2D eigenvalue weighted by atomic mass is 10.1. The number of rotatable bonds is 8. The highest BCUT2D eigenvalue weighted by Crippen LogP contribution is 2.35. The number of likely N-dealkylation sites (tertiary alicyclic amines) is 1. The molecule has 2 aliphatic heterocycles. The molecule has 2 aliphatic rings. The van der Waals surface area contributed by atoms with Crippen molar-refractivity contribution < 1.29 is 33.8 Å². The van der Waals surface area contributed by atoms with Gasteiger partial charge in [0.25, 0.3) is 11.1 Å². The van der Waals surface area contributed by atoms with Crippen LogP contribution in [0.1, 0.15) is 40.7 Å². The summed E-state index contributed by atoms with van der Waals surface area (Å²) in [5.41, 5.74) is 1.48. The maximum atomic E-state index is 12.8. The van der Waals surface area contributed by atoms with E-state index in [2.05, 4.69) is 0 Å². The molecule has 0 atom stereocenters. The Morgan fingerprint density at radius 3 is 2.56 bits per heavy atom. The fourth-order valence-corrected chi connectivity index (χ4v) is 4.85. The Hall–Kier alpha value is -3.79. The molecular weight excluding hydrogens is 484 g/mol. The average molecular weight is 511 g/mol. The first-order valence-electron chi connectivity index (χ1n) is 11.5. The Bertz CT molecular complexity index is 1220. The first kappa shape index (κ1) is 25.3. The van der Waals surface area contributed by atoms with Crippen LogP contribution in [-0.2, 0) is 16.2 Å². The average Bonchev–Trinajstić information content (AvgIpc) is 3.15. The second-order valence-corrected chi connectivity index (χ2v) is 9.41. The van der Waals surface area contributed by atoms with Crippen molar-refractivity contribution in [1.82, 2.24) is 9.80 Å². The first-order chi connectivity index (χ1) is 17.4. The summed E-state index contributed by atoms with van der Waals surface area (Å²) in [6.45, 7) is 1.20. The maximum absolute atomic E-state index is 12.8. The molecule has 188 valence electrons. The predicted molar refractivity (Wildman–Crippen MR) is 134 cm³/mol. The predicted octanol–water partition coefficient (Wildman–Crippen LogP) is 4.02. The lowest BCUT2D eigenvalue weighted by Crippen LogP contribution is -2.44. The minimum absolute atomic E-state index is 0.140. The van der Waals surface area contributed by atoms with Gasteiger partial charge in [-0.3, -0.25) is 19.3 Å². The number of ether oxygens (including phenoxy) is 2. The largest absolute Gasteiger partial charge is 0.493 e. The van der Waals surface area contributed by atoms with Crippen LogP contribution in [0, 0.1) is 0 Å². The van der Waals surface area contributed by atoms with E-state index in [1.165, 1.54) is 19.2 Å². The van der Waals surface area contributed by atoms with Crippen LogP contribution in [0.3, 0.4) is 0 Å². The molecule has 0 spiro atoms. The van der Waals surface area contributed by atoms with E-state index in [0.717, 1.165) is 35.9 Å². The lowest BCUT2D eigenvalue weighted by molar-refractivity contribution is -0.136. The van der Waals surface area contributed by atoms with Gasteiger partial charge >= 0.3 is 5.97 Å². The van der Waals surface area contributed by atoms with Gasteiger partial charge in [-0.25, -0.2) is 4.79 Å². The zero-order valence-electron chi connectivity index (χ0n) is 19.8. The van der Waals surface area contributed by atoms with Crippen LogP contribution in [0.15, 0.2) is 47.4 Å². The number of carbonyl (C=O) groups excluding carboxylic acids is 3. The van der Waals surface area contributed by atoms with Crippen LogP contribution in [0.2, 0.25) is 0 Å². The van der Waals surface area contributed by atoms with Gasteiger partial charge < -0.3 is 19.5 Å². The standard InChI is InChI=1S/C26H26N2O7S/c1-34-21-13-17(8-9-20(21)35-16-18-6-5-7-19(12-18)25(31)32)14-22-24(30)28(26(33)36-22)15-23(29)27-10-3-2-4-11-27/h5-9,12-14H,2-4,10-11,15-16H2,1H3,(H,31,32)/b22-14-. The molecule has 0 saturated carbocycles. The number of benzene rings is 2. The summed E-state index contributed by atoms with van der Waals surface area (Å²) in [6, 6.07) is 11.5. The van der Waals surface area contributed by atoms with Gasteiger partial charge in [0.2, 0.25) is 5.91 Å². The highest BCUT2D eigenvalue weighted by Gasteiger charge is 2.37. The van der Waals surface area contributed by atoms with Crippen molar-refractivity contribution in [2.75, 3.05) is 26.7 Å². The summed E-state index contributed by atoms with van der Waals surface area (Å²) >= 11 is 0.802. The van der Waals surface area contributed by atoms with Crippen LogP contribution in [0.4, 0.5) is 4.79 Å². The van der Waals surface area contributed by atoms with Gasteiger partial charge in [0.05, 0.1) is 17.6 Å². The molecule has 0 unspecified atom stereocenters. The summed E-state index contributed by atoms with van der Waals surface area (Å²) in [5, 5.41) is 8.68. The van der Waals surface area contributed by atoms with E-state index in [1.54, 1.807) is 41.3 Å². The van der Waals surface area contributed by atoms with E-state index in [4.69, 9.17) is 14.6 Å². The van der Waals surface area contributed by atoms with Crippen molar-refractivity contribution in [2.45, 2.75) is 25.9 Å². The fourth-order valence-electron chi connectivity index (χ4n) is 4.01. The SMILES string of the molecule is COc1cc(/C=C2\SC(=O)N(CC(=O)N3CCCCC3)C2=O)ccc1OCc1cccc(C(=O)O)c1. The van der Waals surface area contributed by atoms with Crippen molar-refractivity contribution in [3.8, 4) is 11.5 Å². The molecular formula is C26H26N2O7S. The third-order valence-electron chi connectivity index (χ3n) is 5.93. The Labute approximate surface area is 212 Å². The third-order valence-corrected chi connectivity index (χ3v) is 6.84. The molecule has 10 heteroatoms. The summed E-state index contributed by atoms with van der Waals surface area (Å²) < 4.78 is 11.2. The quantitative estimate of drug-likeness (QED) is 0.530. The highest BCUT2D eigenvalue weighted by atomic mass is 32.2. The summed E-state index contributed by atoms with van der Waals surface area (Å²) in [6.07, 6.45) is 4.53. The van der Waals surface area contributed by atoms with Crippen molar-refractivity contribution in [1.29, 1.82) is 0 Å². The number of hydrogen-bond acceptors (Lipinski definition) is 7. The van der Waals surface area contributed by atoms with Gasteiger partial charge in [-0.1, -0.05) is 18.2 Å². The molecule has 2 saturated heterocycles. The monoisotopic (exact) mass is 510 g/mol. The van der Waals surface area contributed by atoms with Gasteiger partial charge in [-0.15, -0.1) is 0 Å². The molecule has 9 nitrogen and oxygen atoms in total. The van der Waals surface area contributed by atoms with E-state index >= 15 is 0 Å². The molecule has 0 aromatic heterocycles. The number of hydrogen-bond donors (Lipinski definition) is 1. The number of carboxylic acids is 1. The highest BCUT2D eigenvalue weighted by molar-refractivity contribution is 8.18. The molecule has 0 aliphatic carbocycles. The Kier molecular flexibility index (Phi) is 7.94.